The predicted octanol–water partition coefficient (Wildman–Crippen LogP) is 5.55. The molecule has 3 heteroatoms. The highest BCUT2D eigenvalue weighted by molar-refractivity contribution is 6.30. The summed E-state index contributed by atoms with van der Waals surface area (Å²) in [5, 5.41) is 0.762. The molecule has 1 aliphatic rings. The monoisotopic (exact) mass is 356 g/mol. The third-order valence-electron chi connectivity index (χ3n) is 5.29. The van der Waals surface area contributed by atoms with Crippen LogP contribution in [0.25, 0.3) is 11.4 Å². The second kappa shape index (κ2) is 5.86. The first-order chi connectivity index (χ1) is 12.8. The molecule has 126 valence electrons. The summed E-state index contributed by atoms with van der Waals surface area (Å²) in [5.74, 6) is 1.03. The van der Waals surface area contributed by atoms with Gasteiger partial charge in [0.2, 0.25) is 0 Å². The first kappa shape index (κ1) is 15.4. The number of rotatable bonds is 3. The van der Waals surface area contributed by atoms with Gasteiger partial charge in [0.15, 0.2) is 0 Å². The van der Waals surface area contributed by atoms with Crippen molar-refractivity contribution in [2.24, 2.45) is 0 Å². The van der Waals surface area contributed by atoms with Crippen molar-refractivity contribution in [1.82, 2.24) is 9.55 Å². The molecule has 4 aromatic rings. The van der Waals surface area contributed by atoms with Crippen molar-refractivity contribution in [1.29, 1.82) is 0 Å². The molecule has 0 saturated carbocycles. The summed E-state index contributed by atoms with van der Waals surface area (Å²) in [6.07, 6.45) is 4.83. The summed E-state index contributed by atoms with van der Waals surface area (Å²) < 4.78 is 2.32. The first-order valence-electron chi connectivity index (χ1n) is 8.73. The molecule has 1 unspecified atom stereocenters. The van der Waals surface area contributed by atoms with E-state index in [9.17, 15) is 0 Å². The van der Waals surface area contributed by atoms with Gasteiger partial charge in [0, 0.05) is 29.4 Å². The molecule has 0 amide bonds. The Morgan fingerprint density at radius 1 is 0.846 bits per heavy atom. The van der Waals surface area contributed by atoms with Crippen LogP contribution in [0.3, 0.4) is 0 Å². The minimum Gasteiger partial charge on any atom is -0.316 e. The highest BCUT2D eigenvalue weighted by Crippen LogP contribution is 2.48. The molecule has 0 saturated heterocycles. The van der Waals surface area contributed by atoms with E-state index < -0.39 is 0 Å². The highest BCUT2D eigenvalue weighted by atomic mass is 35.5. The fraction of sp³-hybridized carbons (Fsp3) is 0.0870. The van der Waals surface area contributed by atoms with Gasteiger partial charge in [-0.15, -0.1) is 0 Å². The van der Waals surface area contributed by atoms with Gasteiger partial charge in [-0.05, 0) is 28.8 Å². The van der Waals surface area contributed by atoms with Gasteiger partial charge in [0.25, 0.3) is 0 Å². The number of aromatic nitrogens is 2. The lowest BCUT2D eigenvalue weighted by Gasteiger charge is -2.34. The first-order valence-corrected chi connectivity index (χ1v) is 9.10. The Morgan fingerprint density at radius 2 is 1.58 bits per heavy atom. The number of nitrogens with zero attached hydrogens (tertiary/aromatic N) is 2. The van der Waals surface area contributed by atoms with Crippen LogP contribution in [0.1, 0.15) is 16.7 Å². The Labute approximate surface area is 157 Å². The minimum atomic E-state index is -0.308. The lowest BCUT2D eigenvalue weighted by molar-refractivity contribution is 0.450. The molecule has 0 radical (unpaired) electrons. The molecule has 5 rings (SSSR count). The molecule has 1 atom stereocenters. The highest BCUT2D eigenvalue weighted by Gasteiger charge is 2.44. The van der Waals surface area contributed by atoms with Crippen LogP contribution in [0.15, 0.2) is 91.3 Å². The van der Waals surface area contributed by atoms with E-state index in [0.29, 0.717) is 0 Å². The average Bonchev–Trinajstić information content (AvgIpc) is 3.27. The van der Waals surface area contributed by atoms with Crippen molar-refractivity contribution < 1.29 is 0 Å². The Bertz CT molecular complexity index is 1070. The Hall–Kier alpha value is -2.84. The van der Waals surface area contributed by atoms with Crippen LogP contribution < -0.4 is 0 Å². The topological polar surface area (TPSA) is 17.8 Å². The SMILES string of the molecule is Clc1ccc(CC2(c3ccccc3)c3ccccc3-c3nccn32)cc1. The summed E-state index contributed by atoms with van der Waals surface area (Å²) in [4.78, 5) is 4.66. The van der Waals surface area contributed by atoms with Gasteiger partial charge in [0.1, 0.15) is 11.4 Å². The van der Waals surface area contributed by atoms with Crippen molar-refractivity contribution in [3.63, 3.8) is 0 Å². The summed E-state index contributed by atoms with van der Waals surface area (Å²) in [7, 11) is 0. The van der Waals surface area contributed by atoms with E-state index in [0.717, 1.165) is 17.3 Å². The van der Waals surface area contributed by atoms with Crippen LogP contribution in [0.2, 0.25) is 5.02 Å². The molecular weight excluding hydrogens is 340 g/mol. The minimum absolute atomic E-state index is 0.308. The van der Waals surface area contributed by atoms with Gasteiger partial charge in [-0.25, -0.2) is 4.98 Å². The maximum absolute atomic E-state index is 6.11. The van der Waals surface area contributed by atoms with E-state index in [1.54, 1.807) is 0 Å². The number of benzene rings is 3. The van der Waals surface area contributed by atoms with Crippen LogP contribution >= 0.6 is 11.6 Å². The smallest absolute Gasteiger partial charge is 0.141 e. The maximum atomic E-state index is 6.11. The lowest BCUT2D eigenvalue weighted by atomic mass is 9.78. The molecule has 1 aromatic heterocycles. The predicted molar refractivity (Wildman–Crippen MR) is 105 cm³/mol. The second-order valence-corrected chi connectivity index (χ2v) is 7.13. The largest absolute Gasteiger partial charge is 0.316 e. The summed E-state index contributed by atoms with van der Waals surface area (Å²) in [5.41, 5.74) is 4.70. The summed E-state index contributed by atoms with van der Waals surface area (Å²) >= 11 is 6.11. The van der Waals surface area contributed by atoms with Gasteiger partial charge in [-0.3, -0.25) is 0 Å². The van der Waals surface area contributed by atoms with Gasteiger partial charge < -0.3 is 4.57 Å². The number of fused-ring (bicyclic) bond motifs is 3. The van der Waals surface area contributed by atoms with Crippen molar-refractivity contribution >= 4 is 11.6 Å². The van der Waals surface area contributed by atoms with E-state index in [4.69, 9.17) is 11.6 Å². The molecule has 2 nitrogen and oxygen atoms in total. The van der Waals surface area contributed by atoms with E-state index in [-0.39, 0.29) is 5.54 Å². The normalized spacial score (nSPS) is 17.7. The second-order valence-electron chi connectivity index (χ2n) is 6.70. The zero-order valence-electron chi connectivity index (χ0n) is 14.1. The third-order valence-corrected chi connectivity index (χ3v) is 5.54. The molecule has 3 aromatic carbocycles. The van der Waals surface area contributed by atoms with Crippen molar-refractivity contribution in [2.75, 3.05) is 0 Å². The van der Waals surface area contributed by atoms with Crippen LogP contribution in [0.4, 0.5) is 0 Å². The summed E-state index contributed by atoms with van der Waals surface area (Å²) in [6.45, 7) is 0. The van der Waals surface area contributed by atoms with Crippen LogP contribution in [0.5, 0.6) is 0 Å². The number of halogens is 1. The van der Waals surface area contributed by atoms with E-state index in [1.807, 2.05) is 18.3 Å². The van der Waals surface area contributed by atoms with Crippen molar-refractivity contribution in [2.45, 2.75) is 12.0 Å². The standard InChI is InChI=1S/C23H17ClN2/c24-19-12-10-17(11-13-19)16-23(18-6-2-1-3-7-18)21-9-5-4-8-20(21)22-25-14-15-26(22)23/h1-15H,16H2. The van der Waals surface area contributed by atoms with Crippen LogP contribution in [0, 0.1) is 0 Å². The number of imidazole rings is 1. The molecule has 0 N–H and O–H groups in total. The van der Waals surface area contributed by atoms with Gasteiger partial charge in [-0.1, -0.05) is 78.3 Å². The average molecular weight is 357 g/mol. The van der Waals surface area contributed by atoms with Crippen LogP contribution in [-0.4, -0.2) is 9.55 Å². The van der Waals surface area contributed by atoms with E-state index >= 15 is 0 Å². The Morgan fingerprint density at radius 3 is 2.38 bits per heavy atom. The number of hydrogen-bond acceptors (Lipinski definition) is 1. The zero-order chi connectivity index (χ0) is 17.6. The van der Waals surface area contributed by atoms with Gasteiger partial charge in [0.05, 0.1) is 0 Å². The maximum Gasteiger partial charge on any atom is 0.141 e. The Balaban J connectivity index is 1.80. The fourth-order valence-electron chi connectivity index (χ4n) is 4.17. The van der Waals surface area contributed by atoms with Crippen LogP contribution in [-0.2, 0) is 12.0 Å². The molecule has 26 heavy (non-hydrogen) atoms. The molecule has 0 bridgehead atoms. The quantitative estimate of drug-likeness (QED) is 0.470. The Kier molecular flexibility index (Phi) is 3.47. The zero-order valence-corrected chi connectivity index (χ0v) is 14.9. The van der Waals surface area contributed by atoms with E-state index in [1.165, 1.54) is 22.3 Å². The molecule has 0 spiro atoms. The fourth-order valence-corrected chi connectivity index (χ4v) is 4.29. The number of hydrogen-bond donors (Lipinski definition) is 0. The van der Waals surface area contributed by atoms with Crippen molar-refractivity contribution in [3.8, 4) is 11.4 Å². The molecular formula is C23H17ClN2. The molecule has 2 heterocycles. The van der Waals surface area contributed by atoms with Gasteiger partial charge >= 0.3 is 0 Å². The van der Waals surface area contributed by atoms with Crippen molar-refractivity contribution in [3.05, 3.63) is 113 Å². The lowest BCUT2D eigenvalue weighted by Crippen LogP contribution is -2.35. The van der Waals surface area contributed by atoms with E-state index in [2.05, 4.69) is 82.5 Å². The summed E-state index contributed by atoms with van der Waals surface area (Å²) in [6, 6.07) is 27.5. The molecule has 0 fully saturated rings. The molecule has 1 aliphatic heterocycles. The third kappa shape index (κ3) is 2.16. The molecule has 0 aliphatic carbocycles. The van der Waals surface area contributed by atoms with Gasteiger partial charge in [-0.2, -0.15) is 0 Å².